The number of carbonyl (C=O) groups excluding carboxylic acids is 2. The van der Waals surface area contributed by atoms with Crippen molar-refractivity contribution in [2.24, 2.45) is 0 Å². The van der Waals surface area contributed by atoms with Crippen molar-refractivity contribution in [3.8, 4) is 11.3 Å². The molecule has 0 bridgehead atoms. The number of amides is 2. The average molecular weight is 506 g/mol. The third-order valence-electron chi connectivity index (χ3n) is 5.54. The van der Waals surface area contributed by atoms with Crippen molar-refractivity contribution in [3.05, 3.63) is 87.8 Å². The van der Waals surface area contributed by atoms with Gasteiger partial charge >= 0.3 is 0 Å². The number of benzene rings is 2. The van der Waals surface area contributed by atoms with E-state index in [1.807, 2.05) is 6.07 Å². The Labute approximate surface area is 198 Å². The lowest BCUT2D eigenvalue weighted by molar-refractivity contribution is -0.115. The first-order valence-electron chi connectivity index (χ1n) is 10.6. The highest BCUT2D eigenvalue weighted by Gasteiger charge is 2.15. The molecule has 1 aliphatic carbocycles. The van der Waals surface area contributed by atoms with Crippen LogP contribution in [0.3, 0.4) is 0 Å². The van der Waals surface area contributed by atoms with Gasteiger partial charge in [0, 0.05) is 17.3 Å². The van der Waals surface area contributed by atoms with Crippen molar-refractivity contribution in [1.82, 2.24) is 5.16 Å². The minimum absolute atomic E-state index is 0.161. The Morgan fingerprint density at radius 3 is 2.55 bits per heavy atom. The number of halogens is 1. The quantitative estimate of drug-likeness (QED) is 0.354. The number of aryl methyl sites for hydroxylation is 2. The van der Waals surface area contributed by atoms with Crippen LogP contribution in [0.1, 0.15) is 33.7 Å². The molecular formula is C25H20BrN3O4. The molecule has 166 valence electrons. The first-order chi connectivity index (χ1) is 16.0. The van der Waals surface area contributed by atoms with Crippen LogP contribution < -0.4 is 10.6 Å². The van der Waals surface area contributed by atoms with E-state index in [-0.39, 0.29) is 24.0 Å². The number of nitrogens with one attached hydrogen (secondary N) is 2. The summed E-state index contributed by atoms with van der Waals surface area (Å²) in [6.07, 6.45) is 3.57. The number of nitrogens with zero attached hydrogens (tertiary/aromatic N) is 1. The van der Waals surface area contributed by atoms with Crippen molar-refractivity contribution < 1.29 is 18.5 Å². The summed E-state index contributed by atoms with van der Waals surface area (Å²) in [5, 5.41) is 9.59. The molecule has 33 heavy (non-hydrogen) atoms. The van der Waals surface area contributed by atoms with Crippen LogP contribution in [0.15, 0.2) is 74.3 Å². The van der Waals surface area contributed by atoms with E-state index in [4.69, 9.17) is 8.94 Å². The molecule has 0 radical (unpaired) electrons. The molecule has 2 heterocycles. The van der Waals surface area contributed by atoms with Gasteiger partial charge in [-0.05, 0) is 82.2 Å². The van der Waals surface area contributed by atoms with Gasteiger partial charge in [-0.2, -0.15) is 0 Å². The minimum Gasteiger partial charge on any atom is -0.444 e. The van der Waals surface area contributed by atoms with E-state index in [9.17, 15) is 9.59 Å². The summed E-state index contributed by atoms with van der Waals surface area (Å²) >= 11 is 3.17. The van der Waals surface area contributed by atoms with Crippen LogP contribution in [0.2, 0.25) is 0 Å². The Morgan fingerprint density at radius 1 is 0.939 bits per heavy atom. The second-order valence-electron chi connectivity index (χ2n) is 7.89. The zero-order valence-corrected chi connectivity index (χ0v) is 19.1. The summed E-state index contributed by atoms with van der Waals surface area (Å²) in [6, 6.07) is 18.3. The van der Waals surface area contributed by atoms with Gasteiger partial charge in [-0.15, -0.1) is 0 Å². The zero-order chi connectivity index (χ0) is 22.8. The van der Waals surface area contributed by atoms with Crippen LogP contribution in [0.5, 0.6) is 0 Å². The predicted octanol–water partition coefficient (Wildman–Crippen LogP) is 5.62. The number of hydrogen-bond acceptors (Lipinski definition) is 5. The standard InChI is InChI=1S/C25H20BrN3O4/c26-22-11-10-21(32-22)25(31)27-19-8-4-15(5-9-19)12-23(30)28-24-14-20(29-33-24)18-7-6-16-2-1-3-17(16)13-18/h4-11,13-14H,1-3,12H2,(H,27,31)(H,28,30). The van der Waals surface area contributed by atoms with Gasteiger partial charge in [0.15, 0.2) is 10.4 Å². The number of anilines is 2. The molecule has 2 aromatic heterocycles. The first-order valence-corrected chi connectivity index (χ1v) is 11.4. The van der Waals surface area contributed by atoms with Gasteiger partial charge in [-0.1, -0.05) is 29.4 Å². The third kappa shape index (κ3) is 4.90. The maximum atomic E-state index is 12.4. The van der Waals surface area contributed by atoms with Gasteiger partial charge in [0.2, 0.25) is 11.8 Å². The van der Waals surface area contributed by atoms with Gasteiger partial charge in [0.1, 0.15) is 5.69 Å². The lowest BCUT2D eigenvalue weighted by Crippen LogP contribution is -2.14. The monoisotopic (exact) mass is 505 g/mol. The molecule has 4 aromatic rings. The largest absolute Gasteiger partial charge is 0.444 e. The molecular weight excluding hydrogens is 486 g/mol. The first kappa shape index (κ1) is 21.2. The van der Waals surface area contributed by atoms with E-state index in [1.165, 1.54) is 17.5 Å². The van der Waals surface area contributed by atoms with Crippen molar-refractivity contribution in [3.63, 3.8) is 0 Å². The molecule has 0 saturated heterocycles. The van der Waals surface area contributed by atoms with Crippen LogP contribution in [-0.2, 0) is 24.1 Å². The lowest BCUT2D eigenvalue weighted by Gasteiger charge is -2.05. The topological polar surface area (TPSA) is 97.4 Å². The van der Waals surface area contributed by atoms with Crippen LogP contribution in [0.25, 0.3) is 11.3 Å². The Balaban J connectivity index is 1.17. The lowest BCUT2D eigenvalue weighted by atomic mass is 10.0. The molecule has 2 amide bonds. The summed E-state index contributed by atoms with van der Waals surface area (Å²) in [5.74, 6) is -0.0554. The molecule has 0 fully saturated rings. The number of fused-ring (bicyclic) bond motifs is 1. The van der Waals surface area contributed by atoms with E-state index < -0.39 is 0 Å². The summed E-state index contributed by atoms with van der Waals surface area (Å²) in [4.78, 5) is 24.6. The van der Waals surface area contributed by atoms with Crippen molar-refractivity contribution in [2.75, 3.05) is 10.6 Å². The van der Waals surface area contributed by atoms with Crippen LogP contribution in [0.4, 0.5) is 11.6 Å². The van der Waals surface area contributed by atoms with Gasteiger partial charge < -0.3 is 14.3 Å². The van der Waals surface area contributed by atoms with Gasteiger partial charge in [0.25, 0.3) is 5.91 Å². The number of rotatable bonds is 6. The molecule has 0 atom stereocenters. The molecule has 1 aliphatic rings. The molecule has 0 saturated carbocycles. The van der Waals surface area contributed by atoms with E-state index in [0.29, 0.717) is 21.9 Å². The molecule has 7 nitrogen and oxygen atoms in total. The van der Waals surface area contributed by atoms with E-state index in [2.05, 4.69) is 43.9 Å². The molecule has 5 rings (SSSR count). The fraction of sp³-hybridized carbons (Fsp3) is 0.160. The van der Waals surface area contributed by atoms with E-state index in [0.717, 1.165) is 24.0 Å². The summed E-state index contributed by atoms with van der Waals surface area (Å²) in [6.45, 7) is 0. The minimum atomic E-state index is -0.351. The Bertz CT molecular complexity index is 1320. The summed E-state index contributed by atoms with van der Waals surface area (Å²) in [7, 11) is 0. The predicted molar refractivity (Wildman–Crippen MR) is 127 cm³/mol. The maximum Gasteiger partial charge on any atom is 0.291 e. The van der Waals surface area contributed by atoms with Gasteiger partial charge in [0.05, 0.1) is 6.42 Å². The highest BCUT2D eigenvalue weighted by Crippen LogP contribution is 2.28. The van der Waals surface area contributed by atoms with Crippen molar-refractivity contribution in [1.29, 1.82) is 0 Å². The third-order valence-corrected chi connectivity index (χ3v) is 5.97. The Hall–Kier alpha value is -3.65. The number of furan rings is 1. The van der Waals surface area contributed by atoms with E-state index >= 15 is 0 Å². The molecule has 2 aromatic carbocycles. The van der Waals surface area contributed by atoms with Crippen LogP contribution in [0, 0.1) is 0 Å². The smallest absolute Gasteiger partial charge is 0.291 e. The second-order valence-corrected chi connectivity index (χ2v) is 8.67. The summed E-state index contributed by atoms with van der Waals surface area (Å²) in [5.41, 5.74) is 5.84. The maximum absolute atomic E-state index is 12.4. The number of aromatic nitrogens is 1. The average Bonchev–Trinajstić information content (AvgIpc) is 3.55. The number of hydrogen-bond donors (Lipinski definition) is 2. The van der Waals surface area contributed by atoms with Crippen molar-refractivity contribution in [2.45, 2.75) is 25.7 Å². The van der Waals surface area contributed by atoms with Crippen LogP contribution >= 0.6 is 15.9 Å². The van der Waals surface area contributed by atoms with Crippen LogP contribution in [-0.4, -0.2) is 17.0 Å². The Morgan fingerprint density at radius 2 is 1.76 bits per heavy atom. The molecule has 0 aliphatic heterocycles. The SMILES string of the molecule is O=C(Cc1ccc(NC(=O)c2ccc(Br)o2)cc1)Nc1cc(-c2ccc3c(c2)CCC3)no1. The zero-order valence-electron chi connectivity index (χ0n) is 17.6. The number of carbonyl (C=O) groups is 2. The fourth-order valence-electron chi connectivity index (χ4n) is 3.90. The van der Waals surface area contributed by atoms with Gasteiger partial charge in [-0.3, -0.25) is 14.9 Å². The highest BCUT2D eigenvalue weighted by molar-refractivity contribution is 9.10. The molecule has 0 unspecified atom stereocenters. The molecule has 2 N–H and O–H groups in total. The fourth-order valence-corrected chi connectivity index (χ4v) is 4.21. The van der Waals surface area contributed by atoms with Crippen molar-refractivity contribution >= 4 is 39.3 Å². The van der Waals surface area contributed by atoms with E-state index in [1.54, 1.807) is 42.5 Å². The highest BCUT2D eigenvalue weighted by atomic mass is 79.9. The second kappa shape index (κ2) is 9.07. The normalized spacial score (nSPS) is 12.4. The molecule has 0 spiro atoms. The molecule has 8 heteroatoms. The van der Waals surface area contributed by atoms with Gasteiger partial charge in [-0.25, -0.2) is 0 Å². The summed E-state index contributed by atoms with van der Waals surface area (Å²) < 4.78 is 11.0. The Kier molecular flexibility index (Phi) is 5.83.